The Hall–Kier alpha value is -4.63. The monoisotopic (exact) mass is 760 g/mol. The Morgan fingerprint density at radius 3 is 1.85 bits per heavy atom. The molecule has 1 aliphatic heterocycles. The van der Waals surface area contributed by atoms with E-state index in [0.29, 0.717) is 22.9 Å². The van der Waals surface area contributed by atoms with E-state index in [2.05, 4.69) is 9.98 Å². The van der Waals surface area contributed by atoms with Crippen LogP contribution in [0.5, 0.6) is 23.0 Å². The molecule has 0 aliphatic carbocycles. The Bertz CT molecular complexity index is 1690. The molecule has 1 heterocycles. The zero-order chi connectivity index (χ0) is 34.9. The van der Waals surface area contributed by atoms with Crippen LogP contribution in [0.4, 0.5) is 11.4 Å². The van der Waals surface area contributed by atoms with E-state index in [1.54, 1.807) is 12.4 Å². The summed E-state index contributed by atoms with van der Waals surface area (Å²) in [6.07, 6.45) is 3.72. The van der Waals surface area contributed by atoms with Crippen molar-refractivity contribution < 1.29 is 33.3 Å². The fraction of sp³-hybridized carbons (Fsp3) is 0.167. The van der Waals surface area contributed by atoms with Crippen molar-refractivity contribution in [2.45, 2.75) is 40.5 Å². The predicted octanol–water partition coefficient (Wildman–Crippen LogP) is 6.59. The molecule has 4 aromatic rings. The van der Waals surface area contributed by atoms with Crippen LogP contribution in [0.25, 0.3) is 0 Å². The summed E-state index contributed by atoms with van der Waals surface area (Å²) in [5.41, 5.74) is 3.16. The topological polar surface area (TPSA) is 130 Å². The van der Waals surface area contributed by atoms with Gasteiger partial charge in [0.1, 0.15) is 23.1 Å². The summed E-state index contributed by atoms with van der Waals surface area (Å²) in [5, 5.41) is 0. The quantitative estimate of drug-likeness (QED) is 0.106. The van der Waals surface area contributed by atoms with Crippen LogP contribution < -0.4 is 14.1 Å². The first-order valence-electron chi connectivity index (χ1n) is 14.8. The summed E-state index contributed by atoms with van der Waals surface area (Å²) < 4.78 is 24.5. The zero-order valence-corrected chi connectivity index (χ0v) is 32.0. The molecular weight excluding hydrogens is 728 g/mol. The van der Waals surface area contributed by atoms with Crippen LogP contribution in [0.15, 0.2) is 107 Å². The minimum atomic E-state index is -3.34. The van der Waals surface area contributed by atoms with Crippen LogP contribution in [-0.4, -0.2) is 71.8 Å². The number of fused-ring (bicyclic) bond motifs is 2. The van der Waals surface area contributed by atoms with E-state index in [9.17, 15) is 19.2 Å². The number of para-hydroxylation sites is 6. The summed E-state index contributed by atoms with van der Waals surface area (Å²) in [6.45, 7) is 5.62. The van der Waals surface area contributed by atoms with Crippen molar-refractivity contribution >= 4 is 83.2 Å². The normalized spacial score (nSPS) is 11.2. The number of rotatable bonds is 9. The molecule has 0 N–H and O–H groups in total. The number of ketones is 4. The number of Topliss-reactive ketones (excluding diaryl/α,β-unsaturated/α-hetero) is 4. The van der Waals surface area contributed by atoms with Crippen LogP contribution in [0, 0.1) is 0 Å². The first kappa shape index (κ1) is 37.8. The van der Waals surface area contributed by atoms with Crippen molar-refractivity contribution in [3.63, 3.8) is 0 Å². The predicted molar refractivity (Wildman–Crippen MR) is 186 cm³/mol. The molecule has 2 radical (unpaired) electrons. The number of hydrogen-bond donors (Lipinski definition) is 0. The molecule has 5 rings (SSSR count). The van der Waals surface area contributed by atoms with Gasteiger partial charge in [0.2, 0.25) is 0 Å². The van der Waals surface area contributed by atoms with E-state index >= 15 is 0 Å². The number of nitrogens with zero attached hydrogens (tertiary/aromatic N) is 2. The van der Waals surface area contributed by atoms with Crippen LogP contribution in [-0.2, 0) is 19.2 Å². The number of carbonyl (C=O) groups is 4. The summed E-state index contributed by atoms with van der Waals surface area (Å²) in [4.78, 5) is 49.4. The van der Waals surface area contributed by atoms with Gasteiger partial charge in [-0.05, 0) is 27.7 Å². The summed E-state index contributed by atoms with van der Waals surface area (Å²) >= 11 is -2.16. The molecule has 0 atom stereocenters. The molecule has 10 nitrogen and oxygen atoms in total. The zero-order valence-electron chi connectivity index (χ0n) is 27.1. The number of aliphatic imine (C=N–C) groups is 2. The summed E-state index contributed by atoms with van der Waals surface area (Å²) in [6, 6.07) is 30.7. The SMILES string of the molecule is CC(=O)CC(C)=O.CC(=O)CC(C)=O.[Ga][O]c1ccccc1C=Nc1ccccc1[O][Ga]1[O]c2ccccc2C=Nc2ccccc2[O]1. The Balaban J connectivity index is 0.000000376. The molecule has 0 saturated heterocycles. The third kappa shape index (κ3) is 13.2. The Morgan fingerprint density at radius 2 is 1.23 bits per heavy atom. The molecule has 4 aromatic carbocycles. The van der Waals surface area contributed by atoms with Gasteiger partial charge in [0.05, 0.1) is 12.8 Å². The Morgan fingerprint density at radius 1 is 0.708 bits per heavy atom. The second kappa shape index (κ2) is 19.9. The molecule has 0 spiro atoms. The molecule has 12 heteroatoms. The van der Waals surface area contributed by atoms with Gasteiger partial charge in [0.15, 0.2) is 0 Å². The van der Waals surface area contributed by atoms with Crippen molar-refractivity contribution in [1.29, 1.82) is 0 Å². The van der Waals surface area contributed by atoms with Gasteiger partial charge in [-0.25, -0.2) is 0 Å². The molecule has 242 valence electrons. The van der Waals surface area contributed by atoms with Crippen LogP contribution in [0.3, 0.4) is 0 Å². The second-order valence-corrected chi connectivity index (χ2v) is 13.6. The first-order valence-corrected chi connectivity index (χ1v) is 18.8. The first-order chi connectivity index (χ1) is 23.0. The average molecular weight is 762 g/mol. The van der Waals surface area contributed by atoms with Gasteiger partial charge in [0, 0.05) is 0 Å². The molecule has 0 bridgehead atoms. The van der Waals surface area contributed by atoms with E-state index < -0.39 is 17.3 Å². The van der Waals surface area contributed by atoms with Gasteiger partial charge in [-0.15, -0.1) is 0 Å². The fourth-order valence-corrected chi connectivity index (χ4v) is 7.42. The second-order valence-electron chi connectivity index (χ2n) is 10.4. The summed E-state index contributed by atoms with van der Waals surface area (Å²) in [7, 11) is 0. The molecule has 48 heavy (non-hydrogen) atoms. The van der Waals surface area contributed by atoms with Gasteiger partial charge in [-0.2, -0.15) is 0 Å². The molecule has 0 fully saturated rings. The third-order valence-electron chi connectivity index (χ3n) is 6.05. The van der Waals surface area contributed by atoms with Crippen molar-refractivity contribution in [2.24, 2.45) is 9.98 Å². The standard InChI is InChI=1S/2C13H11NO2.2C5H8O2.2Ga/c2*15-12-7-3-1-5-10(12)9-14-11-6-2-4-8-13(11)16;2*1-4(6)3-5(2)7;;/h2*1-9,15-16H;2*3H2,1-2H3;;/q;;;;+1;+3/p-4. The average Bonchev–Trinajstić information content (AvgIpc) is 3.11. The van der Waals surface area contributed by atoms with Gasteiger partial charge in [0.25, 0.3) is 0 Å². The van der Waals surface area contributed by atoms with E-state index in [4.69, 9.17) is 14.1 Å². The van der Waals surface area contributed by atoms with E-state index in [0.717, 1.165) is 22.6 Å². The van der Waals surface area contributed by atoms with Crippen molar-refractivity contribution in [1.82, 2.24) is 0 Å². The fourth-order valence-electron chi connectivity index (χ4n) is 4.08. The molecule has 0 saturated carbocycles. The minimum absolute atomic E-state index is 0.0625. The maximum atomic E-state index is 10.0. The van der Waals surface area contributed by atoms with E-state index in [1.165, 1.54) is 46.7 Å². The molecule has 0 aromatic heterocycles. The van der Waals surface area contributed by atoms with Crippen molar-refractivity contribution in [2.75, 3.05) is 0 Å². The van der Waals surface area contributed by atoms with E-state index in [-0.39, 0.29) is 36.0 Å². The third-order valence-corrected chi connectivity index (χ3v) is 9.39. The van der Waals surface area contributed by atoms with E-state index in [1.807, 2.05) is 97.1 Å². The summed E-state index contributed by atoms with van der Waals surface area (Å²) in [5.74, 6) is 2.44. The van der Waals surface area contributed by atoms with Crippen LogP contribution in [0.2, 0.25) is 0 Å². The van der Waals surface area contributed by atoms with Gasteiger partial charge in [-0.1, -0.05) is 0 Å². The molecule has 0 unspecified atom stereocenters. The number of benzene rings is 4. The van der Waals surface area contributed by atoms with Crippen LogP contribution >= 0.6 is 0 Å². The Labute approximate surface area is 296 Å². The van der Waals surface area contributed by atoms with Crippen LogP contribution in [0.1, 0.15) is 51.7 Å². The Kier molecular flexibility index (Phi) is 15.7. The van der Waals surface area contributed by atoms with Crippen molar-refractivity contribution in [3.05, 3.63) is 108 Å². The van der Waals surface area contributed by atoms with Gasteiger partial charge < -0.3 is 0 Å². The maximum absolute atomic E-state index is 10.0. The number of carbonyl (C=O) groups excluding carboxylic acids is 4. The molecule has 1 aliphatic rings. The number of hydrogen-bond acceptors (Lipinski definition) is 10. The van der Waals surface area contributed by atoms with Gasteiger partial charge >= 0.3 is 215 Å². The van der Waals surface area contributed by atoms with Crippen molar-refractivity contribution in [3.8, 4) is 23.0 Å². The van der Waals surface area contributed by atoms with Gasteiger partial charge in [-0.3, -0.25) is 19.2 Å². The molecular formula is C36H34Ga2N2O8. The molecule has 0 amide bonds.